The molecule has 1 fully saturated rings. The highest BCUT2D eigenvalue weighted by atomic mass is 16.7. The van der Waals surface area contributed by atoms with Crippen LogP contribution in [0.1, 0.15) is 18.4 Å². The van der Waals surface area contributed by atoms with Gasteiger partial charge in [-0.3, -0.25) is 0 Å². The van der Waals surface area contributed by atoms with Crippen LogP contribution in [0.3, 0.4) is 0 Å². The predicted octanol–water partition coefficient (Wildman–Crippen LogP) is -0.166. The third-order valence-corrected chi connectivity index (χ3v) is 4.15. The van der Waals surface area contributed by atoms with E-state index < -0.39 is 37.3 Å². The monoisotopic (exact) mass is 342 g/mol. The van der Waals surface area contributed by atoms with Crippen molar-refractivity contribution in [1.82, 2.24) is 0 Å². The maximum Gasteiger partial charge on any atom is 0.186 e. The minimum Gasteiger partial charge on any atom is -0.497 e. The molecule has 7 nitrogen and oxygen atoms in total. The van der Waals surface area contributed by atoms with Crippen molar-refractivity contribution in [3.05, 3.63) is 29.8 Å². The second-order valence-corrected chi connectivity index (χ2v) is 5.87. The minimum atomic E-state index is -1.40. The van der Waals surface area contributed by atoms with Gasteiger partial charge in [-0.1, -0.05) is 12.1 Å². The summed E-state index contributed by atoms with van der Waals surface area (Å²) in [6.45, 7) is -0.110. The molecule has 1 aliphatic heterocycles. The number of aliphatic hydroxyl groups excluding tert-OH is 4. The van der Waals surface area contributed by atoms with Gasteiger partial charge in [0.2, 0.25) is 0 Å². The summed E-state index contributed by atoms with van der Waals surface area (Å²) in [7, 11) is 1.63. The zero-order valence-electron chi connectivity index (χ0n) is 13.7. The van der Waals surface area contributed by atoms with Crippen LogP contribution in [0.15, 0.2) is 24.3 Å². The number of aryl methyl sites for hydroxylation is 1. The zero-order chi connectivity index (χ0) is 17.5. The Morgan fingerprint density at radius 1 is 1.00 bits per heavy atom. The largest absolute Gasteiger partial charge is 0.497 e. The van der Waals surface area contributed by atoms with Gasteiger partial charge in [0.25, 0.3) is 0 Å². The highest BCUT2D eigenvalue weighted by Crippen LogP contribution is 2.22. The van der Waals surface area contributed by atoms with Crippen LogP contribution in [-0.2, 0) is 15.9 Å². The van der Waals surface area contributed by atoms with Crippen LogP contribution < -0.4 is 4.74 Å². The van der Waals surface area contributed by atoms with Crippen molar-refractivity contribution in [2.45, 2.75) is 50.0 Å². The number of rotatable bonds is 8. The molecule has 1 saturated heterocycles. The minimum absolute atomic E-state index is 0.346. The SMILES string of the molecule is COc1ccc(CCCCO[C@@H]2O[C@H](CO)[C@H](O)[C@H](O)[C@H]2O)cc1. The van der Waals surface area contributed by atoms with Crippen molar-refractivity contribution in [2.24, 2.45) is 0 Å². The molecule has 1 aromatic carbocycles. The standard InChI is InChI=1S/C17H26O7/c1-22-12-7-5-11(6-8-12)4-2-3-9-23-17-16(21)15(20)14(19)13(10-18)24-17/h5-8,13-21H,2-4,9-10H2,1H3/t13-,14+,15+,16-,17-/m1/s1. The Morgan fingerprint density at radius 3 is 2.33 bits per heavy atom. The molecule has 0 unspecified atom stereocenters. The molecule has 136 valence electrons. The maximum atomic E-state index is 9.85. The Balaban J connectivity index is 1.69. The van der Waals surface area contributed by atoms with Gasteiger partial charge in [0.1, 0.15) is 30.2 Å². The number of hydrogen-bond donors (Lipinski definition) is 4. The Labute approximate surface area is 141 Å². The van der Waals surface area contributed by atoms with Gasteiger partial charge in [-0.15, -0.1) is 0 Å². The quantitative estimate of drug-likeness (QED) is 0.486. The molecule has 1 heterocycles. The molecule has 0 aliphatic carbocycles. The van der Waals surface area contributed by atoms with Gasteiger partial charge in [0, 0.05) is 6.61 Å². The van der Waals surface area contributed by atoms with Crippen LogP contribution in [0.4, 0.5) is 0 Å². The Bertz CT molecular complexity index is 476. The Morgan fingerprint density at radius 2 is 1.71 bits per heavy atom. The molecule has 1 aromatic rings. The summed E-state index contributed by atoms with van der Waals surface area (Å²) in [5, 5.41) is 38.3. The molecular weight excluding hydrogens is 316 g/mol. The topological polar surface area (TPSA) is 109 Å². The molecule has 0 bridgehead atoms. The number of hydrogen-bond acceptors (Lipinski definition) is 7. The number of aliphatic hydroxyl groups is 4. The van der Waals surface area contributed by atoms with Crippen LogP contribution in [0, 0.1) is 0 Å². The Kier molecular flexibility index (Phi) is 7.41. The highest BCUT2D eigenvalue weighted by Gasteiger charge is 2.43. The van der Waals surface area contributed by atoms with Gasteiger partial charge >= 0.3 is 0 Å². The van der Waals surface area contributed by atoms with Gasteiger partial charge < -0.3 is 34.6 Å². The van der Waals surface area contributed by atoms with Crippen LogP contribution in [-0.4, -0.2) is 71.5 Å². The van der Waals surface area contributed by atoms with E-state index in [4.69, 9.17) is 19.3 Å². The normalized spacial score (nSPS) is 30.3. The zero-order valence-corrected chi connectivity index (χ0v) is 13.7. The lowest BCUT2D eigenvalue weighted by atomic mass is 9.99. The summed E-state index contributed by atoms with van der Waals surface area (Å²) < 4.78 is 15.8. The molecule has 24 heavy (non-hydrogen) atoms. The fourth-order valence-corrected chi connectivity index (χ4v) is 2.63. The van der Waals surface area contributed by atoms with E-state index >= 15 is 0 Å². The first-order valence-electron chi connectivity index (χ1n) is 8.12. The summed E-state index contributed by atoms with van der Waals surface area (Å²) in [5.41, 5.74) is 1.20. The first kappa shape index (κ1) is 19.1. The van der Waals surface area contributed by atoms with Gasteiger partial charge in [0.15, 0.2) is 6.29 Å². The molecule has 7 heteroatoms. The molecule has 0 aromatic heterocycles. The molecule has 5 atom stereocenters. The number of unbranched alkanes of at least 4 members (excludes halogenated alkanes) is 1. The average Bonchev–Trinajstić information content (AvgIpc) is 2.61. The molecule has 2 rings (SSSR count). The lowest BCUT2D eigenvalue weighted by Gasteiger charge is -2.39. The van der Waals surface area contributed by atoms with Crippen LogP contribution in [0.2, 0.25) is 0 Å². The molecular formula is C17H26O7. The van der Waals surface area contributed by atoms with E-state index in [0.29, 0.717) is 6.61 Å². The van der Waals surface area contributed by atoms with E-state index in [1.54, 1.807) is 7.11 Å². The molecule has 0 saturated carbocycles. The third kappa shape index (κ3) is 4.89. The van der Waals surface area contributed by atoms with Crippen molar-refractivity contribution < 1.29 is 34.6 Å². The van der Waals surface area contributed by atoms with Gasteiger partial charge in [-0.05, 0) is 37.0 Å². The first-order chi connectivity index (χ1) is 11.6. The summed E-state index contributed by atoms with van der Waals surface area (Å²) in [6.07, 6.45) is -3.56. The number of methoxy groups -OCH3 is 1. The molecule has 0 amide bonds. The summed E-state index contributed by atoms with van der Waals surface area (Å²) in [6, 6.07) is 7.86. The van der Waals surface area contributed by atoms with E-state index in [-0.39, 0.29) is 0 Å². The second-order valence-electron chi connectivity index (χ2n) is 5.87. The summed E-state index contributed by atoms with van der Waals surface area (Å²) >= 11 is 0. The van der Waals surface area contributed by atoms with E-state index in [1.807, 2.05) is 24.3 Å². The first-order valence-corrected chi connectivity index (χ1v) is 8.12. The van der Waals surface area contributed by atoms with Crippen molar-refractivity contribution in [3.63, 3.8) is 0 Å². The fraction of sp³-hybridized carbons (Fsp3) is 0.647. The molecule has 0 spiro atoms. The van der Waals surface area contributed by atoms with E-state index in [0.717, 1.165) is 25.0 Å². The second kappa shape index (κ2) is 9.31. The highest BCUT2D eigenvalue weighted by molar-refractivity contribution is 5.27. The molecule has 0 radical (unpaired) electrons. The molecule has 4 N–H and O–H groups in total. The third-order valence-electron chi connectivity index (χ3n) is 4.15. The lowest BCUT2D eigenvalue weighted by Crippen LogP contribution is -2.59. The van der Waals surface area contributed by atoms with E-state index in [2.05, 4.69) is 0 Å². The lowest BCUT2D eigenvalue weighted by molar-refractivity contribution is -0.301. The van der Waals surface area contributed by atoms with Gasteiger partial charge in [-0.25, -0.2) is 0 Å². The van der Waals surface area contributed by atoms with Crippen LogP contribution >= 0.6 is 0 Å². The Hall–Kier alpha value is -1.22. The smallest absolute Gasteiger partial charge is 0.186 e. The molecule has 1 aliphatic rings. The van der Waals surface area contributed by atoms with Crippen molar-refractivity contribution in [3.8, 4) is 5.75 Å². The van der Waals surface area contributed by atoms with Gasteiger partial charge in [-0.2, -0.15) is 0 Å². The number of ether oxygens (including phenoxy) is 3. The van der Waals surface area contributed by atoms with Crippen LogP contribution in [0.25, 0.3) is 0 Å². The fourth-order valence-electron chi connectivity index (χ4n) is 2.63. The summed E-state index contributed by atoms with van der Waals surface area (Å²) in [5.74, 6) is 0.824. The van der Waals surface area contributed by atoms with E-state index in [1.165, 1.54) is 5.56 Å². The van der Waals surface area contributed by atoms with Crippen molar-refractivity contribution >= 4 is 0 Å². The number of benzene rings is 1. The average molecular weight is 342 g/mol. The van der Waals surface area contributed by atoms with E-state index in [9.17, 15) is 15.3 Å². The maximum absolute atomic E-state index is 9.85. The van der Waals surface area contributed by atoms with Crippen molar-refractivity contribution in [1.29, 1.82) is 0 Å². The predicted molar refractivity (Wildman–Crippen MR) is 85.7 cm³/mol. The summed E-state index contributed by atoms with van der Waals surface area (Å²) in [4.78, 5) is 0. The van der Waals surface area contributed by atoms with Crippen molar-refractivity contribution in [2.75, 3.05) is 20.3 Å². The van der Waals surface area contributed by atoms with Gasteiger partial charge in [0.05, 0.1) is 13.7 Å². The van der Waals surface area contributed by atoms with Crippen LogP contribution in [0.5, 0.6) is 5.75 Å².